The van der Waals surface area contributed by atoms with Gasteiger partial charge in [0.15, 0.2) is 5.65 Å². The second-order valence-electron chi connectivity index (χ2n) is 6.95. The Bertz CT molecular complexity index is 1170. The van der Waals surface area contributed by atoms with Gasteiger partial charge in [0.05, 0.1) is 11.4 Å². The van der Waals surface area contributed by atoms with Crippen LogP contribution in [0.15, 0.2) is 66.7 Å². The number of rotatable bonds is 5. The second kappa shape index (κ2) is 8.05. The van der Waals surface area contributed by atoms with Crippen molar-refractivity contribution in [3.63, 3.8) is 0 Å². The molecule has 0 fully saturated rings. The monoisotopic (exact) mass is 404 g/mol. The van der Waals surface area contributed by atoms with Gasteiger partial charge in [-0.05, 0) is 25.5 Å². The standard InChI is InChI=1S/C23H21ClN4O/c1-3-15(2)25-23(29)21-13-20(17-11-7-8-12-18(17)24)26-22-14-19(27-28(21)22)16-9-5-4-6-10-16/h4-15H,3H2,1-2H3,(H,25,29). The van der Waals surface area contributed by atoms with Gasteiger partial charge in [0.1, 0.15) is 5.69 Å². The van der Waals surface area contributed by atoms with Gasteiger partial charge in [0.2, 0.25) is 0 Å². The lowest BCUT2D eigenvalue weighted by molar-refractivity contribution is 0.0931. The average Bonchev–Trinajstić information content (AvgIpc) is 3.18. The normalized spacial score (nSPS) is 12.1. The van der Waals surface area contributed by atoms with Crippen LogP contribution in [0.5, 0.6) is 0 Å². The van der Waals surface area contributed by atoms with Crippen molar-refractivity contribution in [1.82, 2.24) is 19.9 Å². The molecular weight excluding hydrogens is 384 g/mol. The van der Waals surface area contributed by atoms with Crippen molar-refractivity contribution in [3.8, 4) is 22.5 Å². The van der Waals surface area contributed by atoms with Crippen LogP contribution in [0.25, 0.3) is 28.2 Å². The van der Waals surface area contributed by atoms with E-state index in [4.69, 9.17) is 16.6 Å². The van der Waals surface area contributed by atoms with E-state index in [0.29, 0.717) is 22.1 Å². The van der Waals surface area contributed by atoms with Gasteiger partial charge in [-0.2, -0.15) is 5.10 Å². The van der Waals surface area contributed by atoms with Gasteiger partial charge in [-0.25, -0.2) is 9.50 Å². The van der Waals surface area contributed by atoms with E-state index in [-0.39, 0.29) is 11.9 Å². The van der Waals surface area contributed by atoms with E-state index in [1.54, 1.807) is 10.6 Å². The smallest absolute Gasteiger partial charge is 0.270 e. The second-order valence-corrected chi connectivity index (χ2v) is 7.36. The molecule has 5 nitrogen and oxygen atoms in total. The van der Waals surface area contributed by atoms with Gasteiger partial charge in [0.25, 0.3) is 5.91 Å². The van der Waals surface area contributed by atoms with Crippen molar-refractivity contribution >= 4 is 23.2 Å². The van der Waals surface area contributed by atoms with E-state index in [1.807, 2.05) is 74.5 Å². The van der Waals surface area contributed by atoms with E-state index in [2.05, 4.69) is 10.4 Å². The number of halogens is 1. The Morgan fingerprint density at radius 1 is 1.07 bits per heavy atom. The van der Waals surface area contributed by atoms with E-state index in [9.17, 15) is 4.79 Å². The minimum Gasteiger partial charge on any atom is -0.348 e. The molecule has 0 bridgehead atoms. The molecule has 29 heavy (non-hydrogen) atoms. The Morgan fingerprint density at radius 2 is 1.79 bits per heavy atom. The first-order valence-corrected chi connectivity index (χ1v) is 9.96. The van der Waals surface area contributed by atoms with Gasteiger partial charge in [-0.3, -0.25) is 4.79 Å². The summed E-state index contributed by atoms with van der Waals surface area (Å²) in [5.41, 5.74) is 4.15. The summed E-state index contributed by atoms with van der Waals surface area (Å²) in [6, 6.07) is 21.0. The van der Waals surface area contributed by atoms with Crippen LogP contribution in [0.1, 0.15) is 30.8 Å². The molecule has 4 rings (SSSR count). The minimum atomic E-state index is -0.192. The van der Waals surface area contributed by atoms with E-state index < -0.39 is 0 Å². The number of fused-ring (bicyclic) bond motifs is 1. The van der Waals surface area contributed by atoms with Crippen LogP contribution in [0.3, 0.4) is 0 Å². The van der Waals surface area contributed by atoms with Gasteiger partial charge in [-0.1, -0.05) is 67.1 Å². The third kappa shape index (κ3) is 3.87. The largest absolute Gasteiger partial charge is 0.348 e. The summed E-state index contributed by atoms with van der Waals surface area (Å²) in [6.07, 6.45) is 0.839. The molecule has 0 aliphatic heterocycles. The lowest BCUT2D eigenvalue weighted by Gasteiger charge is -2.13. The van der Waals surface area contributed by atoms with Crippen LogP contribution >= 0.6 is 11.6 Å². The highest BCUT2D eigenvalue weighted by atomic mass is 35.5. The summed E-state index contributed by atoms with van der Waals surface area (Å²) in [5, 5.41) is 8.26. The van der Waals surface area contributed by atoms with E-state index >= 15 is 0 Å². The van der Waals surface area contributed by atoms with Gasteiger partial charge in [0, 0.05) is 28.3 Å². The number of hydrogen-bond donors (Lipinski definition) is 1. The molecule has 0 spiro atoms. The molecule has 1 unspecified atom stereocenters. The molecular formula is C23H21ClN4O. The lowest BCUT2D eigenvalue weighted by Crippen LogP contribution is -2.33. The number of nitrogens with one attached hydrogen (secondary N) is 1. The molecule has 0 saturated heterocycles. The van der Waals surface area contributed by atoms with Crippen LogP contribution in [0.4, 0.5) is 0 Å². The summed E-state index contributed by atoms with van der Waals surface area (Å²) < 4.78 is 1.60. The molecule has 0 saturated carbocycles. The van der Waals surface area contributed by atoms with Gasteiger partial charge >= 0.3 is 0 Å². The molecule has 0 radical (unpaired) electrons. The third-order valence-corrected chi connectivity index (χ3v) is 5.20. The van der Waals surface area contributed by atoms with Gasteiger partial charge in [-0.15, -0.1) is 0 Å². The minimum absolute atomic E-state index is 0.0543. The number of nitrogens with zero attached hydrogens (tertiary/aromatic N) is 3. The Labute approximate surface area is 174 Å². The Kier molecular flexibility index (Phi) is 5.32. The number of benzene rings is 2. The number of carbonyl (C=O) groups excluding carboxylic acids is 1. The fourth-order valence-electron chi connectivity index (χ4n) is 3.09. The molecule has 1 N–H and O–H groups in total. The molecule has 0 aliphatic carbocycles. The molecule has 6 heteroatoms. The predicted molar refractivity (Wildman–Crippen MR) is 116 cm³/mol. The molecule has 0 aliphatic rings. The number of aromatic nitrogens is 3. The maximum absolute atomic E-state index is 13.0. The summed E-state index contributed by atoms with van der Waals surface area (Å²) in [5.74, 6) is -0.192. The van der Waals surface area contributed by atoms with E-state index in [1.165, 1.54) is 0 Å². The van der Waals surface area contributed by atoms with Crippen molar-refractivity contribution in [2.24, 2.45) is 0 Å². The molecule has 2 aromatic carbocycles. The highest BCUT2D eigenvalue weighted by Gasteiger charge is 2.19. The molecule has 1 atom stereocenters. The van der Waals surface area contributed by atoms with Crippen LogP contribution in [0.2, 0.25) is 5.02 Å². The topological polar surface area (TPSA) is 59.3 Å². The fourth-order valence-corrected chi connectivity index (χ4v) is 3.33. The van der Waals surface area contributed by atoms with Crippen molar-refractivity contribution in [2.45, 2.75) is 26.3 Å². The number of amides is 1. The highest BCUT2D eigenvalue weighted by molar-refractivity contribution is 6.33. The molecule has 4 aromatic rings. The molecule has 1 amide bonds. The fraction of sp³-hybridized carbons (Fsp3) is 0.174. The van der Waals surface area contributed by atoms with Crippen LogP contribution in [-0.2, 0) is 0 Å². The zero-order valence-corrected chi connectivity index (χ0v) is 17.0. The summed E-state index contributed by atoms with van der Waals surface area (Å²) in [6.45, 7) is 4.01. The first-order chi connectivity index (χ1) is 14.1. The third-order valence-electron chi connectivity index (χ3n) is 4.87. The van der Waals surface area contributed by atoms with Crippen LogP contribution < -0.4 is 5.32 Å². The highest BCUT2D eigenvalue weighted by Crippen LogP contribution is 2.28. The van der Waals surface area contributed by atoms with Crippen LogP contribution in [0, 0.1) is 0 Å². The zero-order valence-electron chi connectivity index (χ0n) is 16.3. The molecule has 146 valence electrons. The Balaban J connectivity index is 1.90. The summed E-state index contributed by atoms with van der Waals surface area (Å²) >= 11 is 6.39. The predicted octanol–water partition coefficient (Wildman–Crippen LogP) is 5.25. The Morgan fingerprint density at radius 3 is 2.52 bits per heavy atom. The van der Waals surface area contributed by atoms with E-state index in [0.717, 1.165) is 23.2 Å². The quantitative estimate of drug-likeness (QED) is 0.494. The molecule has 2 aromatic heterocycles. The summed E-state index contributed by atoms with van der Waals surface area (Å²) in [7, 11) is 0. The lowest BCUT2D eigenvalue weighted by atomic mass is 10.1. The first kappa shape index (κ1) is 19.2. The average molecular weight is 405 g/mol. The van der Waals surface area contributed by atoms with Crippen LogP contribution in [-0.4, -0.2) is 26.5 Å². The van der Waals surface area contributed by atoms with Crippen molar-refractivity contribution in [2.75, 3.05) is 0 Å². The summed E-state index contributed by atoms with van der Waals surface area (Å²) in [4.78, 5) is 17.7. The van der Waals surface area contributed by atoms with Gasteiger partial charge < -0.3 is 5.32 Å². The van der Waals surface area contributed by atoms with Crippen molar-refractivity contribution in [1.29, 1.82) is 0 Å². The maximum atomic E-state index is 13.0. The maximum Gasteiger partial charge on any atom is 0.270 e. The number of carbonyl (C=O) groups is 1. The zero-order chi connectivity index (χ0) is 20.4. The number of hydrogen-bond acceptors (Lipinski definition) is 3. The molecule has 2 heterocycles. The Hall–Kier alpha value is -3.18. The first-order valence-electron chi connectivity index (χ1n) is 9.59. The van der Waals surface area contributed by atoms with Crippen molar-refractivity contribution < 1.29 is 4.79 Å². The SMILES string of the molecule is CCC(C)NC(=O)c1cc(-c2ccccc2Cl)nc2cc(-c3ccccc3)nn12. The van der Waals surface area contributed by atoms with Crippen molar-refractivity contribution in [3.05, 3.63) is 77.4 Å².